The van der Waals surface area contributed by atoms with E-state index >= 15 is 0 Å². The van der Waals surface area contributed by atoms with Gasteiger partial charge < -0.3 is 16.4 Å². The molecule has 1 aromatic carbocycles. The molecule has 5 heteroatoms. The maximum Gasteiger partial charge on any atom is 0.239 e. The van der Waals surface area contributed by atoms with Crippen LogP contribution in [0.25, 0.3) is 0 Å². The minimum atomic E-state index is 0.0184. The van der Waals surface area contributed by atoms with E-state index in [1.165, 1.54) is 0 Å². The Hall–Kier alpha value is -1.23. The van der Waals surface area contributed by atoms with Gasteiger partial charge in [0.25, 0.3) is 0 Å². The number of nitrogens with two attached hydrogens (primary N) is 1. The van der Waals surface area contributed by atoms with E-state index in [0.29, 0.717) is 11.7 Å². The lowest BCUT2D eigenvalue weighted by molar-refractivity contribution is -0.119. The van der Waals surface area contributed by atoms with Crippen LogP contribution in [0.15, 0.2) is 22.7 Å². The summed E-state index contributed by atoms with van der Waals surface area (Å²) in [6, 6.07) is 5.94. The first-order valence-corrected chi connectivity index (χ1v) is 6.03. The van der Waals surface area contributed by atoms with Crippen LogP contribution in [0.3, 0.4) is 0 Å². The summed E-state index contributed by atoms with van der Waals surface area (Å²) >= 11 is 3.33. The van der Waals surface area contributed by atoms with Crippen molar-refractivity contribution in [3.63, 3.8) is 0 Å². The van der Waals surface area contributed by atoms with Crippen LogP contribution in [0.5, 0.6) is 0 Å². The summed E-state index contributed by atoms with van der Waals surface area (Å²) in [5.41, 5.74) is 7.22. The first-order chi connectivity index (χ1) is 7.65. The number of carbonyl (C=O) groups excluding carboxylic acids is 1. The van der Waals surface area contributed by atoms with Crippen LogP contribution in [0.4, 0.5) is 11.4 Å². The lowest BCUT2D eigenvalue weighted by Gasteiger charge is -2.09. The molecule has 86 valence electrons. The molecule has 16 heavy (non-hydrogen) atoms. The fourth-order valence-corrected chi connectivity index (χ4v) is 1.76. The lowest BCUT2D eigenvalue weighted by Crippen LogP contribution is -2.31. The monoisotopic (exact) mass is 283 g/mol. The summed E-state index contributed by atoms with van der Waals surface area (Å²) in [6.07, 6.45) is 2.21. The number of hydrogen-bond acceptors (Lipinski definition) is 3. The Balaban J connectivity index is 1.85. The Morgan fingerprint density at radius 3 is 2.88 bits per heavy atom. The molecular weight excluding hydrogens is 270 g/mol. The first kappa shape index (κ1) is 11.3. The molecule has 1 fully saturated rings. The second-order valence-electron chi connectivity index (χ2n) is 3.93. The van der Waals surface area contributed by atoms with Gasteiger partial charge >= 0.3 is 0 Å². The van der Waals surface area contributed by atoms with Gasteiger partial charge in [0, 0.05) is 10.5 Å². The van der Waals surface area contributed by atoms with Crippen molar-refractivity contribution in [2.75, 3.05) is 17.6 Å². The van der Waals surface area contributed by atoms with Crippen molar-refractivity contribution in [1.82, 2.24) is 5.32 Å². The predicted molar refractivity (Wildman–Crippen MR) is 68.2 cm³/mol. The van der Waals surface area contributed by atoms with E-state index in [2.05, 4.69) is 26.6 Å². The Bertz CT molecular complexity index is 404. The van der Waals surface area contributed by atoms with Crippen molar-refractivity contribution >= 4 is 33.2 Å². The normalized spacial score (nSPS) is 14.6. The molecule has 0 aliphatic heterocycles. The van der Waals surface area contributed by atoms with Crippen molar-refractivity contribution in [3.8, 4) is 0 Å². The van der Waals surface area contributed by atoms with E-state index < -0.39 is 0 Å². The number of carbonyl (C=O) groups is 1. The maximum absolute atomic E-state index is 11.4. The number of anilines is 2. The standard InChI is InChI=1S/C11H14BrN3O/c12-7-1-4-10(9(13)5-7)14-6-11(16)15-8-2-3-8/h1,4-5,8,14H,2-3,6,13H2,(H,15,16). The second kappa shape index (κ2) is 4.74. The Morgan fingerprint density at radius 2 is 2.25 bits per heavy atom. The van der Waals surface area contributed by atoms with Gasteiger partial charge in [0.1, 0.15) is 0 Å². The average Bonchev–Trinajstić information content (AvgIpc) is 3.00. The van der Waals surface area contributed by atoms with E-state index in [9.17, 15) is 4.79 Å². The van der Waals surface area contributed by atoms with Gasteiger partial charge in [0.15, 0.2) is 0 Å². The van der Waals surface area contributed by atoms with Crippen molar-refractivity contribution in [1.29, 1.82) is 0 Å². The summed E-state index contributed by atoms with van der Waals surface area (Å²) in [5.74, 6) is 0.0184. The van der Waals surface area contributed by atoms with Gasteiger partial charge in [-0.1, -0.05) is 15.9 Å². The summed E-state index contributed by atoms with van der Waals surface area (Å²) < 4.78 is 0.929. The highest BCUT2D eigenvalue weighted by Gasteiger charge is 2.22. The van der Waals surface area contributed by atoms with Gasteiger partial charge in [-0.2, -0.15) is 0 Å². The van der Waals surface area contributed by atoms with Gasteiger partial charge in [0.05, 0.1) is 17.9 Å². The molecule has 1 saturated carbocycles. The van der Waals surface area contributed by atoms with E-state index in [0.717, 1.165) is 23.0 Å². The largest absolute Gasteiger partial charge is 0.397 e. The molecule has 0 atom stereocenters. The van der Waals surface area contributed by atoms with Gasteiger partial charge in [-0.3, -0.25) is 4.79 Å². The van der Waals surface area contributed by atoms with E-state index in [1.807, 2.05) is 12.1 Å². The molecule has 1 amide bonds. The van der Waals surface area contributed by atoms with Crippen molar-refractivity contribution < 1.29 is 4.79 Å². The number of amides is 1. The number of hydrogen-bond donors (Lipinski definition) is 3. The third kappa shape index (κ3) is 3.13. The van der Waals surface area contributed by atoms with E-state index in [-0.39, 0.29) is 12.5 Å². The number of halogens is 1. The predicted octanol–water partition coefficient (Wildman–Crippen LogP) is 1.72. The SMILES string of the molecule is Nc1cc(Br)ccc1NCC(=O)NC1CC1. The topological polar surface area (TPSA) is 67.1 Å². The fourth-order valence-electron chi connectivity index (χ4n) is 1.38. The van der Waals surface area contributed by atoms with Gasteiger partial charge in [-0.25, -0.2) is 0 Å². The third-order valence-corrected chi connectivity index (χ3v) is 2.89. The van der Waals surface area contributed by atoms with Crippen LogP contribution in [0.1, 0.15) is 12.8 Å². The molecule has 0 unspecified atom stereocenters. The molecule has 1 aliphatic carbocycles. The summed E-state index contributed by atoms with van der Waals surface area (Å²) in [5, 5.41) is 5.92. The molecule has 0 saturated heterocycles. The Morgan fingerprint density at radius 1 is 1.50 bits per heavy atom. The van der Waals surface area contributed by atoms with Crippen molar-refractivity contribution in [2.24, 2.45) is 0 Å². The quantitative estimate of drug-likeness (QED) is 0.737. The maximum atomic E-state index is 11.4. The minimum Gasteiger partial charge on any atom is -0.397 e. The highest BCUT2D eigenvalue weighted by atomic mass is 79.9. The molecule has 0 bridgehead atoms. The van der Waals surface area contributed by atoms with Crippen LogP contribution < -0.4 is 16.4 Å². The molecule has 4 nitrogen and oxygen atoms in total. The average molecular weight is 284 g/mol. The second-order valence-corrected chi connectivity index (χ2v) is 4.84. The van der Waals surface area contributed by atoms with Crippen LogP contribution in [0.2, 0.25) is 0 Å². The van der Waals surface area contributed by atoms with Gasteiger partial charge in [-0.05, 0) is 31.0 Å². The zero-order valence-electron chi connectivity index (χ0n) is 8.79. The van der Waals surface area contributed by atoms with Gasteiger partial charge in [-0.15, -0.1) is 0 Å². The smallest absolute Gasteiger partial charge is 0.239 e. The zero-order valence-corrected chi connectivity index (χ0v) is 10.4. The molecule has 0 aromatic heterocycles. The number of nitrogen functional groups attached to an aromatic ring is 1. The molecule has 0 radical (unpaired) electrons. The Kier molecular flexibility index (Phi) is 3.33. The zero-order chi connectivity index (χ0) is 11.5. The first-order valence-electron chi connectivity index (χ1n) is 5.23. The molecule has 0 spiro atoms. The van der Waals surface area contributed by atoms with Crippen LogP contribution in [-0.4, -0.2) is 18.5 Å². The van der Waals surface area contributed by atoms with E-state index in [4.69, 9.17) is 5.73 Å². The highest BCUT2D eigenvalue weighted by Crippen LogP contribution is 2.23. The van der Waals surface area contributed by atoms with E-state index in [1.54, 1.807) is 6.07 Å². The molecule has 4 N–H and O–H groups in total. The van der Waals surface area contributed by atoms with Gasteiger partial charge in [0.2, 0.25) is 5.91 Å². The number of nitrogens with one attached hydrogen (secondary N) is 2. The fraction of sp³-hybridized carbons (Fsp3) is 0.364. The van der Waals surface area contributed by atoms with Crippen molar-refractivity contribution in [3.05, 3.63) is 22.7 Å². The summed E-state index contributed by atoms with van der Waals surface area (Å²) in [7, 11) is 0. The minimum absolute atomic E-state index is 0.0184. The number of rotatable bonds is 4. The van der Waals surface area contributed by atoms with Crippen LogP contribution in [0, 0.1) is 0 Å². The van der Waals surface area contributed by atoms with Crippen LogP contribution in [-0.2, 0) is 4.79 Å². The lowest BCUT2D eigenvalue weighted by atomic mass is 10.2. The Labute approximate surface area is 103 Å². The molecular formula is C11H14BrN3O. The van der Waals surface area contributed by atoms with Crippen LogP contribution >= 0.6 is 15.9 Å². The highest BCUT2D eigenvalue weighted by molar-refractivity contribution is 9.10. The summed E-state index contributed by atoms with van der Waals surface area (Å²) in [6.45, 7) is 0.266. The van der Waals surface area contributed by atoms with Crippen molar-refractivity contribution in [2.45, 2.75) is 18.9 Å². The number of benzene rings is 1. The molecule has 1 aromatic rings. The molecule has 1 aliphatic rings. The summed E-state index contributed by atoms with van der Waals surface area (Å²) in [4.78, 5) is 11.4. The third-order valence-electron chi connectivity index (χ3n) is 2.40. The molecule has 2 rings (SSSR count). The molecule has 0 heterocycles.